The van der Waals surface area contributed by atoms with Crippen molar-refractivity contribution in [2.24, 2.45) is 0 Å². The second kappa shape index (κ2) is 4.48. The van der Waals surface area contributed by atoms with Gasteiger partial charge in [0.05, 0.1) is 6.61 Å². The van der Waals surface area contributed by atoms with Crippen LogP contribution in [0.25, 0.3) is 0 Å². The summed E-state index contributed by atoms with van der Waals surface area (Å²) in [6.07, 6.45) is 0. The van der Waals surface area contributed by atoms with Crippen LogP contribution in [0.15, 0.2) is 0 Å². The van der Waals surface area contributed by atoms with E-state index in [4.69, 9.17) is 4.74 Å². The average Bonchev–Trinajstić information content (AvgIpc) is 2.67. The van der Waals surface area contributed by atoms with Crippen LogP contribution < -0.4 is 15.0 Å². The highest BCUT2D eigenvalue weighted by Gasteiger charge is 2.18. The molecule has 0 saturated carbocycles. The van der Waals surface area contributed by atoms with E-state index in [1.165, 1.54) is 0 Å². The first-order valence-corrected chi connectivity index (χ1v) is 5.33. The number of nitrogens with zero attached hydrogens (tertiary/aromatic N) is 3. The van der Waals surface area contributed by atoms with E-state index in [1.54, 1.807) is 0 Å². The minimum Gasteiger partial charge on any atom is -0.463 e. The van der Waals surface area contributed by atoms with Crippen molar-refractivity contribution in [3.05, 3.63) is 0 Å². The summed E-state index contributed by atoms with van der Waals surface area (Å²) in [6, 6.07) is 0.915. The van der Waals surface area contributed by atoms with Gasteiger partial charge in [0.15, 0.2) is 0 Å². The van der Waals surface area contributed by atoms with E-state index >= 15 is 0 Å². The molecule has 1 aliphatic rings. The summed E-state index contributed by atoms with van der Waals surface area (Å²) >= 11 is 0. The largest absolute Gasteiger partial charge is 0.463 e. The summed E-state index contributed by atoms with van der Waals surface area (Å²) in [6.45, 7) is 7.54. The number of ether oxygens (including phenoxy) is 1. The number of nitrogens with one attached hydrogen (secondary N) is 2. The van der Waals surface area contributed by atoms with Gasteiger partial charge in [0.25, 0.3) is 0 Å². The van der Waals surface area contributed by atoms with E-state index in [9.17, 15) is 0 Å². The summed E-state index contributed by atoms with van der Waals surface area (Å²) in [4.78, 5) is 6.44. The zero-order chi connectivity index (χ0) is 10.7. The van der Waals surface area contributed by atoms with Crippen molar-refractivity contribution >= 4 is 5.95 Å². The first-order valence-electron chi connectivity index (χ1n) is 5.33. The number of piperazine rings is 1. The molecule has 1 aromatic heterocycles. The molecule has 6 heteroatoms. The zero-order valence-electron chi connectivity index (χ0n) is 9.16. The highest BCUT2D eigenvalue weighted by molar-refractivity contribution is 5.31. The Balaban J connectivity index is 2.01. The van der Waals surface area contributed by atoms with E-state index in [1.807, 2.05) is 6.92 Å². The number of anilines is 1. The van der Waals surface area contributed by atoms with Crippen molar-refractivity contribution in [2.45, 2.75) is 19.9 Å². The second-order valence-electron chi connectivity index (χ2n) is 3.68. The number of rotatable bonds is 3. The predicted molar refractivity (Wildman–Crippen MR) is 57.2 cm³/mol. The van der Waals surface area contributed by atoms with Crippen LogP contribution in [-0.4, -0.2) is 47.5 Å². The molecule has 2 N–H and O–H groups in total. The molecule has 2 rings (SSSR count). The first-order chi connectivity index (χ1) is 7.29. The lowest BCUT2D eigenvalue weighted by atomic mass is 10.2. The van der Waals surface area contributed by atoms with Crippen molar-refractivity contribution in [2.75, 3.05) is 31.1 Å². The fourth-order valence-corrected chi connectivity index (χ4v) is 1.70. The molecule has 15 heavy (non-hydrogen) atoms. The summed E-state index contributed by atoms with van der Waals surface area (Å²) < 4.78 is 5.21. The van der Waals surface area contributed by atoms with Crippen molar-refractivity contribution in [1.82, 2.24) is 20.5 Å². The molecule has 0 aromatic carbocycles. The molecule has 0 bridgehead atoms. The number of H-pyrrole nitrogens is 1. The molecule has 1 fully saturated rings. The highest BCUT2D eigenvalue weighted by Crippen LogP contribution is 2.12. The van der Waals surface area contributed by atoms with E-state index in [0.29, 0.717) is 18.7 Å². The van der Waals surface area contributed by atoms with Crippen molar-refractivity contribution in [3.8, 4) is 6.01 Å². The van der Waals surface area contributed by atoms with Gasteiger partial charge in [-0.3, -0.25) is 0 Å². The molecular weight excluding hydrogens is 194 g/mol. The molecule has 6 nitrogen and oxygen atoms in total. The molecule has 0 radical (unpaired) electrons. The van der Waals surface area contributed by atoms with Crippen LogP contribution in [-0.2, 0) is 0 Å². The van der Waals surface area contributed by atoms with E-state index in [-0.39, 0.29) is 0 Å². The van der Waals surface area contributed by atoms with Crippen molar-refractivity contribution in [1.29, 1.82) is 0 Å². The molecule has 0 aliphatic carbocycles. The van der Waals surface area contributed by atoms with Crippen LogP contribution in [0, 0.1) is 0 Å². The molecule has 0 spiro atoms. The van der Waals surface area contributed by atoms with Gasteiger partial charge in [-0.25, -0.2) is 5.10 Å². The van der Waals surface area contributed by atoms with Crippen LogP contribution >= 0.6 is 0 Å². The fraction of sp³-hybridized carbons (Fsp3) is 0.778. The maximum Gasteiger partial charge on any atom is 0.337 e. The molecule has 0 unspecified atom stereocenters. The van der Waals surface area contributed by atoms with Gasteiger partial charge in [-0.05, 0) is 13.8 Å². The Hall–Kier alpha value is -1.30. The van der Waals surface area contributed by atoms with Crippen LogP contribution in [0.4, 0.5) is 5.95 Å². The number of hydrogen-bond acceptors (Lipinski definition) is 5. The Morgan fingerprint density at radius 2 is 2.47 bits per heavy atom. The predicted octanol–water partition coefficient (Wildman–Crippen LogP) is 0.00150. The lowest BCUT2D eigenvalue weighted by Gasteiger charge is -2.31. The Labute approximate surface area is 89.0 Å². The van der Waals surface area contributed by atoms with E-state index in [0.717, 1.165) is 25.6 Å². The number of aromatic nitrogens is 3. The molecule has 1 aromatic rings. The van der Waals surface area contributed by atoms with Gasteiger partial charge < -0.3 is 15.0 Å². The molecule has 84 valence electrons. The first kappa shape index (κ1) is 10.2. The van der Waals surface area contributed by atoms with Crippen LogP contribution in [0.1, 0.15) is 13.8 Å². The molecule has 1 aliphatic heterocycles. The van der Waals surface area contributed by atoms with Gasteiger partial charge in [0.2, 0.25) is 5.95 Å². The summed E-state index contributed by atoms with van der Waals surface area (Å²) in [5.74, 6) is 0.798. The summed E-state index contributed by atoms with van der Waals surface area (Å²) in [5, 5.41) is 10.3. The molecular formula is C9H17N5O. The molecule has 2 heterocycles. The maximum absolute atomic E-state index is 5.21. The zero-order valence-corrected chi connectivity index (χ0v) is 9.16. The van der Waals surface area contributed by atoms with Crippen LogP contribution in [0.3, 0.4) is 0 Å². The van der Waals surface area contributed by atoms with E-state index < -0.39 is 0 Å². The van der Waals surface area contributed by atoms with Gasteiger partial charge in [-0.1, -0.05) is 0 Å². The Kier molecular flexibility index (Phi) is 3.05. The quantitative estimate of drug-likeness (QED) is 0.736. The third-order valence-electron chi connectivity index (χ3n) is 2.39. The normalized spacial score (nSPS) is 21.7. The Bertz CT molecular complexity index is 313. The van der Waals surface area contributed by atoms with Crippen molar-refractivity contribution in [3.63, 3.8) is 0 Å². The third-order valence-corrected chi connectivity index (χ3v) is 2.39. The topological polar surface area (TPSA) is 66.1 Å². The van der Waals surface area contributed by atoms with Crippen molar-refractivity contribution < 1.29 is 4.74 Å². The summed E-state index contributed by atoms with van der Waals surface area (Å²) in [5.41, 5.74) is 0. The molecule has 1 saturated heterocycles. The lowest BCUT2D eigenvalue weighted by Crippen LogP contribution is -2.49. The van der Waals surface area contributed by atoms with Gasteiger partial charge in [-0.2, -0.15) is 4.98 Å². The minimum atomic E-state index is 0.429. The lowest BCUT2D eigenvalue weighted by molar-refractivity contribution is 0.314. The Morgan fingerprint density at radius 3 is 3.20 bits per heavy atom. The smallest absolute Gasteiger partial charge is 0.337 e. The number of hydrogen-bond donors (Lipinski definition) is 2. The minimum absolute atomic E-state index is 0.429. The second-order valence-corrected chi connectivity index (χ2v) is 3.68. The SMILES string of the molecule is CCOc1n[nH]c(N2CCN[C@H](C)C2)n1. The number of aromatic amines is 1. The fourth-order valence-electron chi connectivity index (χ4n) is 1.70. The van der Waals surface area contributed by atoms with Crippen LogP contribution in [0.5, 0.6) is 6.01 Å². The standard InChI is InChI=1S/C9H17N5O/c1-3-15-9-11-8(12-13-9)14-5-4-10-7(2)6-14/h7,10H,3-6H2,1-2H3,(H,11,12,13)/t7-/m1/s1. The molecule has 0 amide bonds. The Morgan fingerprint density at radius 1 is 1.60 bits per heavy atom. The van der Waals surface area contributed by atoms with Gasteiger partial charge in [0.1, 0.15) is 0 Å². The highest BCUT2D eigenvalue weighted by atomic mass is 16.5. The van der Waals surface area contributed by atoms with E-state index in [2.05, 4.69) is 32.3 Å². The van der Waals surface area contributed by atoms with Crippen LogP contribution in [0.2, 0.25) is 0 Å². The maximum atomic E-state index is 5.21. The third kappa shape index (κ3) is 2.38. The van der Waals surface area contributed by atoms with Gasteiger partial charge >= 0.3 is 6.01 Å². The average molecular weight is 211 g/mol. The monoisotopic (exact) mass is 211 g/mol. The molecule has 1 atom stereocenters. The van der Waals surface area contributed by atoms with Gasteiger partial charge in [0, 0.05) is 25.7 Å². The summed E-state index contributed by atoms with van der Waals surface area (Å²) in [7, 11) is 0. The van der Waals surface area contributed by atoms with Gasteiger partial charge in [-0.15, -0.1) is 5.10 Å².